The summed E-state index contributed by atoms with van der Waals surface area (Å²) in [6, 6.07) is 10.2. The molecular weight excluding hydrogens is 314 g/mol. The lowest BCUT2D eigenvalue weighted by Crippen LogP contribution is -2.50. The van der Waals surface area contributed by atoms with Crippen molar-refractivity contribution in [2.45, 2.75) is 13.3 Å². The van der Waals surface area contributed by atoms with Crippen LogP contribution in [-0.4, -0.2) is 61.5 Å². The number of aryl methyl sites for hydroxylation is 1. The third-order valence-corrected chi connectivity index (χ3v) is 4.50. The summed E-state index contributed by atoms with van der Waals surface area (Å²) in [6.45, 7) is 7.14. The van der Waals surface area contributed by atoms with Crippen molar-refractivity contribution in [1.29, 1.82) is 5.26 Å². The maximum absolute atomic E-state index is 12.5. The quantitative estimate of drug-likeness (QED) is 0.432. The van der Waals surface area contributed by atoms with Crippen LogP contribution in [0.4, 0.5) is 0 Å². The first kappa shape index (κ1) is 19.0. The fourth-order valence-corrected chi connectivity index (χ4v) is 2.94. The second-order valence-electron chi connectivity index (χ2n) is 6.22. The lowest BCUT2D eigenvalue weighted by atomic mass is 10.1. The Morgan fingerprint density at radius 1 is 1.32 bits per heavy atom. The molecule has 6 nitrogen and oxygen atoms in total. The zero-order valence-corrected chi connectivity index (χ0v) is 14.9. The summed E-state index contributed by atoms with van der Waals surface area (Å²) >= 11 is 0. The second-order valence-corrected chi connectivity index (χ2v) is 6.22. The number of nitrogens with zero attached hydrogens (tertiary/aromatic N) is 3. The predicted octanol–water partition coefficient (Wildman–Crippen LogP) is 0.638. The number of carbonyl (C=O) groups is 1. The number of carbonyl (C=O) groups excluding carboxylic acids is 1. The molecule has 0 bridgehead atoms. The summed E-state index contributed by atoms with van der Waals surface area (Å²) in [5, 5.41) is 12.4. The molecule has 1 aromatic carbocycles. The highest BCUT2D eigenvalue weighted by atomic mass is 16.2. The van der Waals surface area contributed by atoms with Gasteiger partial charge in [0.25, 0.3) is 5.91 Å². The molecule has 0 spiro atoms. The number of hydrogen-bond acceptors (Lipinski definition) is 5. The molecule has 3 N–H and O–H groups in total. The molecule has 0 unspecified atom stereocenters. The monoisotopic (exact) mass is 341 g/mol. The third-order valence-electron chi connectivity index (χ3n) is 4.50. The molecule has 1 aromatic rings. The van der Waals surface area contributed by atoms with Crippen LogP contribution < -0.4 is 11.1 Å². The molecule has 134 valence electrons. The van der Waals surface area contributed by atoms with E-state index in [-0.39, 0.29) is 11.5 Å². The molecular formula is C19H27N5O. The fourth-order valence-electron chi connectivity index (χ4n) is 2.94. The smallest absolute Gasteiger partial charge is 0.266 e. The number of rotatable bonds is 7. The maximum Gasteiger partial charge on any atom is 0.266 e. The lowest BCUT2D eigenvalue weighted by Gasteiger charge is -2.34. The van der Waals surface area contributed by atoms with Crippen molar-refractivity contribution in [3.05, 3.63) is 47.2 Å². The number of amides is 1. The van der Waals surface area contributed by atoms with E-state index in [1.807, 2.05) is 18.2 Å². The second kappa shape index (κ2) is 9.82. The molecule has 25 heavy (non-hydrogen) atoms. The van der Waals surface area contributed by atoms with Gasteiger partial charge in [-0.15, -0.1) is 0 Å². The normalized spacial score (nSPS) is 15.7. The van der Waals surface area contributed by atoms with E-state index >= 15 is 0 Å². The minimum atomic E-state index is -0.196. The standard InChI is InChI=1S/C19H27N5O/c1-16-4-2-3-5-17(16)6-8-22-15-18(14-21)19(25)24-12-10-23(9-7-20)11-13-24/h2-5,15,22H,6-13,20H2,1H3/b18-15-. The molecule has 6 heteroatoms. The van der Waals surface area contributed by atoms with Crippen molar-refractivity contribution in [1.82, 2.24) is 15.1 Å². The van der Waals surface area contributed by atoms with Gasteiger partial charge in [0.1, 0.15) is 11.6 Å². The summed E-state index contributed by atoms with van der Waals surface area (Å²) in [6.07, 6.45) is 2.40. The summed E-state index contributed by atoms with van der Waals surface area (Å²) in [7, 11) is 0. The number of nitriles is 1. The summed E-state index contributed by atoms with van der Waals surface area (Å²) in [5.41, 5.74) is 8.24. The maximum atomic E-state index is 12.5. The van der Waals surface area contributed by atoms with E-state index < -0.39 is 0 Å². The summed E-state index contributed by atoms with van der Waals surface area (Å²) in [5.74, 6) is -0.196. The number of benzene rings is 1. The molecule has 1 heterocycles. The number of hydrogen-bond donors (Lipinski definition) is 2. The van der Waals surface area contributed by atoms with E-state index in [9.17, 15) is 10.1 Å². The molecule has 1 amide bonds. The van der Waals surface area contributed by atoms with Gasteiger partial charge in [0.05, 0.1) is 0 Å². The third kappa shape index (κ3) is 5.59. The van der Waals surface area contributed by atoms with Gasteiger partial charge in [-0.1, -0.05) is 24.3 Å². The highest BCUT2D eigenvalue weighted by Crippen LogP contribution is 2.08. The SMILES string of the molecule is Cc1ccccc1CCN/C=C(/C#N)C(=O)N1CCN(CCN)CC1. The largest absolute Gasteiger partial charge is 0.389 e. The van der Waals surface area contributed by atoms with Crippen molar-refractivity contribution in [3.8, 4) is 6.07 Å². The molecule has 1 fully saturated rings. The fraction of sp³-hybridized carbons (Fsp3) is 0.474. The molecule has 0 radical (unpaired) electrons. The Kier molecular flexibility index (Phi) is 7.45. The average Bonchev–Trinajstić information content (AvgIpc) is 2.63. The van der Waals surface area contributed by atoms with Crippen molar-refractivity contribution < 1.29 is 4.79 Å². The van der Waals surface area contributed by atoms with Crippen molar-refractivity contribution in [3.63, 3.8) is 0 Å². The van der Waals surface area contributed by atoms with Gasteiger partial charge in [0.2, 0.25) is 0 Å². The van der Waals surface area contributed by atoms with Gasteiger partial charge in [-0.2, -0.15) is 5.26 Å². The van der Waals surface area contributed by atoms with E-state index in [2.05, 4.69) is 29.3 Å². The van der Waals surface area contributed by atoms with E-state index in [1.54, 1.807) is 11.1 Å². The number of nitrogens with one attached hydrogen (secondary N) is 1. The Balaban J connectivity index is 1.82. The zero-order valence-electron chi connectivity index (χ0n) is 14.9. The van der Waals surface area contributed by atoms with Gasteiger partial charge in [0.15, 0.2) is 0 Å². The summed E-state index contributed by atoms with van der Waals surface area (Å²) < 4.78 is 0. The molecule has 0 atom stereocenters. The topological polar surface area (TPSA) is 85.4 Å². The minimum absolute atomic E-state index is 0.164. The molecule has 0 saturated carbocycles. The van der Waals surface area contributed by atoms with E-state index in [0.29, 0.717) is 26.2 Å². The van der Waals surface area contributed by atoms with Gasteiger partial charge in [0, 0.05) is 52.0 Å². The lowest BCUT2D eigenvalue weighted by molar-refractivity contribution is -0.128. The van der Waals surface area contributed by atoms with E-state index in [4.69, 9.17) is 5.73 Å². The van der Waals surface area contributed by atoms with Crippen LogP contribution in [0.1, 0.15) is 11.1 Å². The van der Waals surface area contributed by atoms with Crippen LogP contribution in [0.15, 0.2) is 36.0 Å². The van der Waals surface area contributed by atoms with Gasteiger partial charge < -0.3 is 16.0 Å². The van der Waals surface area contributed by atoms with Crippen molar-refractivity contribution in [2.24, 2.45) is 5.73 Å². The zero-order chi connectivity index (χ0) is 18.1. The van der Waals surface area contributed by atoms with Crippen LogP contribution in [0.2, 0.25) is 0 Å². The van der Waals surface area contributed by atoms with Crippen molar-refractivity contribution >= 4 is 5.91 Å². The predicted molar refractivity (Wildman–Crippen MR) is 98.7 cm³/mol. The van der Waals surface area contributed by atoms with E-state index in [0.717, 1.165) is 26.1 Å². The first-order chi connectivity index (χ1) is 12.2. The molecule has 2 rings (SSSR count). The number of piperazine rings is 1. The van der Waals surface area contributed by atoms with Crippen LogP contribution in [0.3, 0.4) is 0 Å². The Hall–Kier alpha value is -2.36. The Morgan fingerprint density at radius 2 is 2.04 bits per heavy atom. The van der Waals surface area contributed by atoms with Crippen molar-refractivity contribution in [2.75, 3.05) is 45.8 Å². The van der Waals surface area contributed by atoms with Crippen LogP contribution in [0.5, 0.6) is 0 Å². The highest BCUT2D eigenvalue weighted by molar-refractivity contribution is 5.97. The number of nitrogens with two attached hydrogens (primary N) is 1. The minimum Gasteiger partial charge on any atom is -0.389 e. The Labute approximate surface area is 149 Å². The average molecular weight is 341 g/mol. The first-order valence-electron chi connectivity index (χ1n) is 8.75. The van der Waals surface area contributed by atoms with E-state index in [1.165, 1.54) is 11.1 Å². The van der Waals surface area contributed by atoms with Crippen LogP contribution in [-0.2, 0) is 11.2 Å². The van der Waals surface area contributed by atoms with Gasteiger partial charge in [-0.05, 0) is 24.5 Å². The first-order valence-corrected chi connectivity index (χ1v) is 8.75. The van der Waals surface area contributed by atoms with Gasteiger partial charge in [-0.25, -0.2) is 0 Å². The molecule has 1 saturated heterocycles. The van der Waals surface area contributed by atoms with Crippen LogP contribution >= 0.6 is 0 Å². The molecule has 1 aliphatic heterocycles. The van der Waals surface area contributed by atoms with Gasteiger partial charge >= 0.3 is 0 Å². The molecule has 1 aliphatic rings. The van der Waals surface area contributed by atoms with Crippen LogP contribution in [0, 0.1) is 18.3 Å². The van der Waals surface area contributed by atoms with Crippen LogP contribution in [0.25, 0.3) is 0 Å². The Morgan fingerprint density at radius 3 is 2.68 bits per heavy atom. The molecule has 0 aromatic heterocycles. The Bertz CT molecular complexity index is 641. The molecule has 0 aliphatic carbocycles. The summed E-state index contributed by atoms with van der Waals surface area (Å²) in [4.78, 5) is 16.4. The van der Waals surface area contributed by atoms with Gasteiger partial charge in [-0.3, -0.25) is 9.69 Å². The highest BCUT2D eigenvalue weighted by Gasteiger charge is 2.23.